The van der Waals surface area contributed by atoms with Crippen molar-refractivity contribution in [2.24, 2.45) is 5.92 Å². The van der Waals surface area contributed by atoms with E-state index in [1.54, 1.807) is 23.1 Å². The number of fused-ring (bicyclic) bond motifs is 1. The Hall–Kier alpha value is -1.63. The van der Waals surface area contributed by atoms with E-state index in [-0.39, 0.29) is 11.7 Å². The summed E-state index contributed by atoms with van der Waals surface area (Å²) in [6.07, 6.45) is 5.90. The Morgan fingerprint density at radius 1 is 1.44 bits per heavy atom. The van der Waals surface area contributed by atoms with E-state index in [1.807, 2.05) is 6.07 Å². The van der Waals surface area contributed by atoms with Crippen LogP contribution >= 0.6 is 0 Å². The average molecular weight is 266 g/mol. The van der Waals surface area contributed by atoms with Gasteiger partial charge >= 0.3 is 0 Å². The molecule has 0 amide bonds. The largest absolute Gasteiger partial charge is 0.368 e. The Kier molecular flexibility index (Phi) is 2.70. The van der Waals surface area contributed by atoms with E-state index in [1.165, 1.54) is 0 Å². The highest BCUT2D eigenvalue weighted by molar-refractivity contribution is 7.91. The first-order valence-electron chi connectivity index (χ1n) is 5.87. The van der Waals surface area contributed by atoms with Crippen molar-refractivity contribution in [3.63, 3.8) is 0 Å². The molecular weight excluding hydrogens is 252 g/mol. The fourth-order valence-electron chi connectivity index (χ4n) is 2.27. The number of sulfone groups is 1. The van der Waals surface area contributed by atoms with Crippen molar-refractivity contribution >= 4 is 21.2 Å². The zero-order valence-electron chi connectivity index (χ0n) is 9.78. The monoisotopic (exact) mass is 266 g/mol. The summed E-state index contributed by atoms with van der Waals surface area (Å²) in [5, 5.41) is 7.34. The van der Waals surface area contributed by atoms with Crippen molar-refractivity contribution in [2.45, 2.75) is 6.42 Å². The third-order valence-corrected chi connectivity index (χ3v) is 5.05. The average Bonchev–Trinajstić information content (AvgIpc) is 2.92. The van der Waals surface area contributed by atoms with Crippen molar-refractivity contribution in [1.29, 1.82) is 0 Å². The quantitative estimate of drug-likeness (QED) is 0.879. The van der Waals surface area contributed by atoms with Crippen molar-refractivity contribution in [2.75, 3.05) is 23.4 Å². The van der Waals surface area contributed by atoms with E-state index in [0.29, 0.717) is 12.3 Å². The molecule has 1 fully saturated rings. The molecule has 0 aliphatic carbocycles. The molecular formula is C11H14N4O2S. The predicted octanol–water partition coefficient (Wildman–Crippen LogP) is 0.576. The first-order chi connectivity index (χ1) is 8.64. The second-order valence-electron chi connectivity index (χ2n) is 4.59. The lowest BCUT2D eigenvalue weighted by molar-refractivity contribution is 0.595. The highest BCUT2D eigenvalue weighted by atomic mass is 32.2. The number of rotatable bonds is 3. The highest BCUT2D eigenvalue weighted by Gasteiger charge is 2.27. The summed E-state index contributed by atoms with van der Waals surface area (Å²) in [7, 11) is -2.81. The lowest BCUT2D eigenvalue weighted by atomic mass is 10.1. The molecule has 2 aromatic heterocycles. The maximum Gasteiger partial charge on any atom is 0.152 e. The Morgan fingerprint density at radius 3 is 3.11 bits per heavy atom. The van der Waals surface area contributed by atoms with Crippen LogP contribution in [0.4, 0.5) is 5.82 Å². The van der Waals surface area contributed by atoms with Gasteiger partial charge in [-0.2, -0.15) is 5.10 Å². The molecule has 7 heteroatoms. The van der Waals surface area contributed by atoms with Crippen LogP contribution in [0.3, 0.4) is 0 Å². The number of nitrogens with zero attached hydrogens (tertiary/aromatic N) is 3. The van der Waals surface area contributed by atoms with Crippen LogP contribution in [0, 0.1) is 5.92 Å². The van der Waals surface area contributed by atoms with Crippen LogP contribution < -0.4 is 5.32 Å². The van der Waals surface area contributed by atoms with Crippen molar-refractivity contribution in [3.8, 4) is 0 Å². The van der Waals surface area contributed by atoms with Crippen LogP contribution in [-0.2, 0) is 9.84 Å². The summed E-state index contributed by atoms with van der Waals surface area (Å²) in [6, 6.07) is 1.88. The minimum absolute atomic E-state index is 0.181. The molecule has 0 bridgehead atoms. The molecule has 1 aliphatic rings. The van der Waals surface area contributed by atoms with Crippen LogP contribution in [0.1, 0.15) is 6.42 Å². The van der Waals surface area contributed by atoms with E-state index in [2.05, 4.69) is 15.4 Å². The Labute approximate surface area is 105 Å². The van der Waals surface area contributed by atoms with Gasteiger partial charge in [-0.25, -0.2) is 17.9 Å². The van der Waals surface area contributed by atoms with E-state index < -0.39 is 9.84 Å². The number of anilines is 1. The van der Waals surface area contributed by atoms with Gasteiger partial charge in [0, 0.05) is 18.9 Å². The zero-order valence-corrected chi connectivity index (χ0v) is 10.6. The van der Waals surface area contributed by atoms with Gasteiger partial charge in [0.15, 0.2) is 15.7 Å². The van der Waals surface area contributed by atoms with Gasteiger partial charge in [-0.3, -0.25) is 0 Å². The maximum atomic E-state index is 11.4. The van der Waals surface area contributed by atoms with Crippen molar-refractivity contribution in [1.82, 2.24) is 14.6 Å². The van der Waals surface area contributed by atoms with Crippen LogP contribution in [0.15, 0.2) is 24.7 Å². The highest BCUT2D eigenvalue weighted by Crippen LogP contribution is 2.20. The molecule has 0 radical (unpaired) electrons. The minimum Gasteiger partial charge on any atom is -0.368 e. The molecule has 1 N–H and O–H groups in total. The Balaban J connectivity index is 1.72. The Morgan fingerprint density at radius 2 is 2.33 bits per heavy atom. The molecule has 3 rings (SSSR count). The molecule has 1 atom stereocenters. The number of hydrogen-bond acceptors (Lipinski definition) is 5. The summed E-state index contributed by atoms with van der Waals surface area (Å²) in [5.74, 6) is 1.52. The van der Waals surface area contributed by atoms with E-state index in [0.717, 1.165) is 17.8 Å². The minimum atomic E-state index is -2.81. The molecule has 1 unspecified atom stereocenters. The summed E-state index contributed by atoms with van der Waals surface area (Å²) in [4.78, 5) is 4.26. The van der Waals surface area contributed by atoms with Gasteiger partial charge < -0.3 is 5.32 Å². The molecule has 1 aliphatic heterocycles. The van der Waals surface area contributed by atoms with E-state index in [4.69, 9.17) is 0 Å². The van der Waals surface area contributed by atoms with Gasteiger partial charge in [0.05, 0.1) is 17.7 Å². The molecule has 2 aromatic rings. The van der Waals surface area contributed by atoms with Crippen molar-refractivity contribution < 1.29 is 8.42 Å². The zero-order chi connectivity index (χ0) is 12.6. The van der Waals surface area contributed by atoms with E-state index in [9.17, 15) is 8.42 Å². The molecule has 3 heterocycles. The Bertz CT molecular complexity index is 664. The topological polar surface area (TPSA) is 76.4 Å². The van der Waals surface area contributed by atoms with E-state index >= 15 is 0 Å². The van der Waals surface area contributed by atoms with Gasteiger partial charge in [-0.05, 0) is 18.4 Å². The van der Waals surface area contributed by atoms with Crippen LogP contribution in [0.25, 0.3) is 5.52 Å². The van der Waals surface area contributed by atoms with Gasteiger partial charge in [0.25, 0.3) is 0 Å². The van der Waals surface area contributed by atoms with Crippen LogP contribution in [-0.4, -0.2) is 41.1 Å². The maximum absolute atomic E-state index is 11.4. The summed E-state index contributed by atoms with van der Waals surface area (Å²) in [5.41, 5.74) is 0.901. The lowest BCUT2D eigenvalue weighted by Crippen LogP contribution is -2.16. The molecule has 0 spiro atoms. The molecule has 6 nitrogen and oxygen atoms in total. The van der Waals surface area contributed by atoms with Crippen LogP contribution in [0.2, 0.25) is 0 Å². The fraction of sp³-hybridized carbons (Fsp3) is 0.455. The molecule has 0 saturated carbocycles. The molecule has 96 valence electrons. The molecule has 0 aromatic carbocycles. The van der Waals surface area contributed by atoms with Gasteiger partial charge in [-0.1, -0.05) is 0 Å². The number of nitrogens with one attached hydrogen (secondary N) is 1. The molecule has 1 saturated heterocycles. The normalized spacial score (nSPS) is 22.3. The summed E-state index contributed by atoms with van der Waals surface area (Å²) >= 11 is 0. The summed E-state index contributed by atoms with van der Waals surface area (Å²) < 4.78 is 24.5. The lowest BCUT2D eigenvalue weighted by Gasteiger charge is -2.10. The first kappa shape index (κ1) is 11.5. The van der Waals surface area contributed by atoms with Crippen LogP contribution in [0.5, 0.6) is 0 Å². The fourth-order valence-corrected chi connectivity index (χ4v) is 4.13. The smallest absolute Gasteiger partial charge is 0.152 e. The number of hydrogen-bond donors (Lipinski definition) is 1. The van der Waals surface area contributed by atoms with Crippen molar-refractivity contribution in [3.05, 3.63) is 24.7 Å². The molecule has 18 heavy (non-hydrogen) atoms. The van der Waals surface area contributed by atoms with Gasteiger partial charge in [0.2, 0.25) is 0 Å². The second-order valence-corrected chi connectivity index (χ2v) is 6.82. The van der Waals surface area contributed by atoms with Gasteiger partial charge in [0.1, 0.15) is 5.52 Å². The standard InChI is InChI=1S/C11H14N4O2S/c16-18(17)6-2-9(8-18)7-13-11-10-1-3-14-15(10)5-4-12-11/h1,3-5,9H,2,6-8H2,(H,12,13). The second kappa shape index (κ2) is 4.24. The first-order valence-corrected chi connectivity index (χ1v) is 7.69. The van der Waals surface area contributed by atoms with Gasteiger partial charge in [-0.15, -0.1) is 0 Å². The third-order valence-electron chi connectivity index (χ3n) is 3.21. The SMILES string of the molecule is O=S1(=O)CCC(CNc2nccn3nccc23)C1. The predicted molar refractivity (Wildman–Crippen MR) is 68.2 cm³/mol. The third kappa shape index (κ3) is 2.17. The number of aromatic nitrogens is 3. The summed E-state index contributed by atoms with van der Waals surface area (Å²) in [6.45, 7) is 0.636.